The molecule has 6 nitrogen and oxygen atoms in total. The van der Waals surface area contributed by atoms with Gasteiger partial charge in [0.05, 0.1) is 6.61 Å². The van der Waals surface area contributed by atoms with E-state index in [4.69, 9.17) is 14.5 Å². The van der Waals surface area contributed by atoms with E-state index in [0.717, 1.165) is 17.2 Å². The molecule has 2 aromatic rings. The zero-order valence-corrected chi connectivity index (χ0v) is 14.3. The highest BCUT2D eigenvalue weighted by atomic mass is 31.2. The molecule has 2 N–H and O–H groups in total. The Kier molecular flexibility index (Phi) is 6.67. The molecule has 0 aliphatic carbocycles. The van der Waals surface area contributed by atoms with Crippen LogP contribution in [0.4, 0.5) is 0 Å². The van der Waals surface area contributed by atoms with E-state index in [1.807, 2.05) is 60.7 Å². The number of benzene rings is 2. The van der Waals surface area contributed by atoms with Crippen molar-refractivity contribution in [3.63, 3.8) is 0 Å². The predicted molar refractivity (Wildman–Crippen MR) is 92.8 cm³/mol. The number of hydrogen-bond acceptors (Lipinski definition) is 4. The second-order valence-electron chi connectivity index (χ2n) is 5.26. The van der Waals surface area contributed by atoms with Crippen molar-refractivity contribution < 1.29 is 28.4 Å². The van der Waals surface area contributed by atoms with Gasteiger partial charge in [0, 0.05) is 12.0 Å². The minimum Gasteiger partial charge on any atom is -0.456 e. The zero-order chi connectivity index (χ0) is 18.3. The number of esters is 1. The lowest BCUT2D eigenvalue weighted by atomic mass is 9.87. The van der Waals surface area contributed by atoms with Gasteiger partial charge in [-0.25, -0.2) is 9.36 Å². The number of hydrogen-bond donors (Lipinski definition) is 2. The Bertz CT molecular complexity index is 701. The summed E-state index contributed by atoms with van der Waals surface area (Å²) in [5.41, 5.74) is 1.65. The van der Waals surface area contributed by atoms with Crippen LogP contribution in [0.2, 0.25) is 0 Å². The summed E-state index contributed by atoms with van der Waals surface area (Å²) in [6, 6.07) is 18.4. The van der Waals surface area contributed by atoms with Crippen LogP contribution in [0.5, 0.6) is 0 Å². The molecule has 0 bridgehead atoms. The Hall–Kier alpha value is -2.24. The molecule has 1 unspecified atom stereocenters. The first-order chi connectivity index (χ1) is 11.9. The standard InChI is InChI=1S/C18H19O6P/c1-2-17(19)24-16(13-23-25(20,21)22)18(14-9-5-3-6-10-14)15-11-7-4-8-12-15/h2-12,16,18H,1,13H2,(H2,20,21,22). The second-order valence-corrected chi connectivity index (χ2v) is 6.50. The Morgan fingerprint density at radius 2 is 1.52 bits per heavy atom. The minimum atomic E-state index is -4.71. The summed E-state index contributed by atoms with van der Waals surface area (Å²) in [6.07, 6.45) is 0.0558. The number of ether oxygens (including phenoxy) is 1. The van der Waals surface area contributed by atoms with Gasteiger partial charge in [0.2, 0.25) is 0 Å². The van der Waals surface area contributed by atoms with Crippen molar-refractivity contribution in [2.24, 2.45) is 0 Å². The largest absolute Gasteiger partial charge is 0.469 e. The fourth-order valence-corrected chi connectivity index (χ4v) is 2.85. The van der Waals surface area contributed by atoms with Gasteiger partial charge in [0.25, 0.3) is 0 Å². The Balaban J connectivity index is 2.42. The van der Waals surface area contributed by atoms with Crippen LogP contribution in [0.25, 0.3) is 0 Å². The van der Waals surface area contributed by atoms with Crippen molar-refractivity contribution >= 4 is 13.8 Å². The Morgan fingerprint density at radius 1 is 1.04 bits per heavy atom. The number of carbonyl (C=O) groups is 1. The van der Waals surface area contributed by atoms with Crippen molar-refractivity contribution in [3.8, 4) is 0 Å². The average molecular weight is 362 g/mol. The molecule has 0 heterocycles. The first-order valence-electron chi connectivity index (χ1n) is 7.53. The van der Waals surface area contributed by atoms with Gasteiger partial charge in [-0.3, -0.25) is 4.52 Å². The van der Waals surface area contributed by atoms with Crippen LogP contribution < -0.4 is 0 Å². The highest BCUT2D eigenvalue weighted by molar-refractivity contribution is 7.46. The van der Waals surface area contributed by atoms with E-state index in [1.54, 1.807) is 0 Å². The smallest absolute Gasteiger partial charge is 0.456 e. The van der Waals surface area contributed by atoms with E-state index in [0.29, 0.717) is 0 Å². The number of phosphoric acid groups is 1. The highest BCUT2D eigenvalue weighted by Gasteiger charge is 2.30. The van der Waals surface area contributed by atoms with Crippen LogP contribution in [0.1, 0.15) is 17.0 Å². The molecular weight excluding hydrogens is 343 g/mol. The molecule has 0 fully saturated rings. The number of rotatable bonds is 8. The summed E-state index contributed by atoms with van der Waals surface area (Å²) in [4.78, 5) is 29.7. The molecule has 0 radical (unpaired) electrons. The summed E-state index contributed by atoms with van der Waals surface area (Å²) in [5, 5.41) is 0. The van der Waals surface area contributed by atoms with Gasteiger partial charge >= 0.3 is 13.8 Å². The third-order valence-electron chi connectivity index (χ3n) is 3.53. The molecular formula is C18H19O6P. The van der Waals surface area contributed by atoms with E-state index in [-0.39, 0.29) is 0 Å². The van der Waals surface area contributed by atoms with Crippen LogP contribution in [0, 0.1) is 0 Å². The maximum atomic E-state index is 11.7. The molecule has 0 aliphatic heterocycles. The summed E-state index contributed by atoms with van der Waals surface area (Å²) in [6.45, 7) is 2.90. The molecule has 0 aromatic heterocycles. The molecule has 1 atom stereocenters. The third kappa shape index (κ3) is 5.96. The number of carbonyl (C=O) groups excluding carboxylic acids is 1. The van der Waals surface area contributed by atoms with Gasteiger partial charge < -0.3 is 14.5 Å². The first kappa shape index (κ1) is 19.1. The SMILES string of the molecule is C=CC(=O)OC(COP(=O)(O)O)C(c1ccccc1)c1ccccc1. The maximum absolute atomic E-state index is 11.7. The first-order valence-corrected chi connectivity index (χ1v) is 9.07. The maximum Gasteiger partial charge on any atom is 0.469 e. The monoisotopic (exact) mass is 362 g/mol. The fourth-order valence-electron chi connectivity index (χ4n) is 2.51. The minimum absolute atomic E-state index is 0.460. The molecule has 0 saturated carbocycles. The van der Waals surface area contributed by atoms with E-state index < -0.39 is 32.4 Å². The molecule has 0 spiro atoms. The molecule has 0 amide bonds. The topological polar surface area (TPSA) is 93.1 Å². The van der Waals surface area contributed by atoms with E-state index in [2.05, 4.69) is 11.1 Å². The lowest BCUT2D eigenvalue weighted by Gasteiger charge is -2.27. The molecule has 2 aromatic carbocycles. The van der Waals surface area contributed by atoms with E-state index in [9.17, 15) is 9.36 Å². The summed E-state index contributed by atoms with van der Waals surface area (Å²) in [7, 11) is -4.71. The van der Waals surface area contributed by atoms with Gasteiger partial charge in [-0.2, -0.15) is 0 Å². The van der Waals surface area contributed by atoms with Crippen LogP contribution in [-0.4, -0.2) is 28.5 Å². The van der Waals surface area contributed by atoms with E-state index in [1.165, 1.54) is 0 Å². The quantitative estimate of drug-likeness (QED) is 0.426. The fraction of sp³-hybridized carbons (Fsp3) is 0.167. The predicted octanol–water partition coefficient (Wildman–Crippen LogP) is 3.03. The van der Waals surface area contributed by atoms with E-state index >= 15 is 0 Å². The average Bonchev–Trinajstić information content (AvgIpc) is 2.61. The van der Waals surface area contributed by atoms with Crippen molar-refractivity contribution in [2.45, 2.75) is 12.0 Å². The van der Waals surface area contributed by atoms with Crippen LogP contribution in [0.3, 0.4) is 0 Å². The summed E-state index contributed by atoms with van der Waals surface area (Å²) in [5.74, 6) is -1.16. The summed E-state index contributed by atoms with van der Waals surface area (Å²) < 4.78 is 21.1. The molecule has 0 aliphatic rings. The van der Waals surface area contributed by atoms with Crippen LogP contribution in [-0.2, 0) is 18.6 Å². The highest BCUT2D eigenvalue weighted by Crippen LogP contribution is 2.38. The van der Waals surface area contributed by atoms with Crippen molar-refractivity contribution in [3.05, 3.63) is 84.4 Å². The lowest BCUT2D eigenvalue weighted by molar-refractivity contribution is -0.145. The molecule has 7 heteroatoms. The van der Waals surface area contributed by atoms with Crippen LogP contribution in [0.15, 0.2) is 73.3 Å². The third-order valence-corrected chi connectivity index (χ3v) is 4.02. The lowest BCUT2D eigenvalue weighted by Crippen LogP contribution is -2.30. The van der Waals surface area contributed by atoms with Gasteiger partial charge in [-0.15, -0.1) is 0 Å². The van der Waals surface area contributed by atoms with Gasteiger partial charge in [-0.05, 0) is 11.1 Å². The zero-order valence-electron chi connectivity index (χ0n) is 13.4. The normalized spacial score (nSPS) is 12.6. The van der Waals surface area contributed by atoms with Crippen LogP contribution >= 0.6 is 7.82 Å². The van der Waals surface area contributed by atoms with Gasteiger partial charge in [0.1, 0.15) is 6.10 Å². The molecule has 132 valence electrons. The van der Waals surface area contributed by atoms with Gasteiger partial charge in [-0.1, -0.05) is 67.2 Å². The Morgan fingerprint density at radius 3 is 1.92 bits per heavy atom. The van der Waals surface area contributed by atoms with Crippen molar-refractivity contribution in [1.29, 1.82) is 0 Å². The number of phosphoric ester groups is 1. The summed E-state index contributed by atoms with van der Waals surface area (Å²) >= 11 is 0. The van der Waals surface area contributed by atoms with Crippen molar-refractivity contribution in [1.82, 2.24) is 0 Å². The van der Waals surface area contributed by atoms with Crippen molar-refractivity contribution in [2.75, 3.05) is 6.61 Å². The van der Waals surface area contributed by atoms with Gasteiger partial charge in [0.15, 0.2) is 0 Å². The Labute approximate surface area is 146 Å². The molecule has 0 saturated heterocycles. The molecule has 2 rings (SSSR count). The molecule has 25 heavy (non-hydrogen) atoms. The second kappa shape index (κ2) is 8.74.